The maximum absolute atomic E-state index is 13.0. The van der Waals surface area contributed by atoms with E-state index in [1.165, 1.54) is 18.3 Å². The van der Waals surface area contributed by atoms with Crippen LogP contribution in [-0.4, -0.2) is 24.0 Å². The Balaban J connectivity index is 2.41. The average Bonchev–Trinajstić information content (AvgIpc) is 2.25. The highest BCUT2D eigenvalue weighted by Gasteiger charge is 2.03. The summed E-state index contributed by atoms with van der Waals surface area (Å²) >= 11 is 0. The Labute approximate surface area is 86.9 Å². The van der Waals surface area contributed by atoms with Crippen molar-refractivity contribution in [2.75, 3.05) is 18.4 Å². The highest BCUT2D eigenvalue weighted by atomic mass is 19.1. The third kappa shape index (κ3) is 3.65. The van der Waals surface area contributed by atoms with Gasteiger partial charge in [-0.3, -0.25) is 4.79 Å². The molecule has 0 unspecified atom stereocenters. The first-order valence-electron chi connectivity index (χ1n) is 4.28. The summed E-state index contributed by atoms with van der Waals surface area (Å²) in [5.74, 6) is 1.50. The smallest absolute Gasteiger partial charge is 0.240 e. The van der Waals surface area contributed by atoms with Gasteiger partial charge in [0.25, 0.3) is 0 Å². The van der Waals surface area contributed by atoms with Crippen molar-refractivity contribution in [3.05, 3.63) is 24.1 Å². The first kappa shape index (κ1) is 11.0. The van der Waals surface area contributed by atoms with Gasteiger partial charge < -0.3 is 10.6 Å². The van der Waals surface area contributed by atoms with E-state index in [0.717, 1.165) is 0 Å². The number of hydrogen-bond donors (Lipinski definition) is 2. The second-order valence-electron chi connectivity index (χ2n) is 2.67. The average molecular weight is 207 g/mol. The van der Waals surface area contributed by atoms with Crippen molar-refractivity contribution in [1.82, 2.24) is 10.3 Å². The lowest BCUT2D eigenvalue weighted by molar-refractivity contribution is -0.119. The van der Waals surface area contributed by atoms with Crippen LogP contribution in [0.5, 0.6) is 0 Å². The molecule has 1 amide bonds. The molecule has 0 aliphatic rings. The molecule has 0 radical (unpaired) electrons. The molecule has 0 aliphatic heterocycles. The van der Waals surface area contributed by atoms with Gasteiger partial charge in [0.05, 0.1) is 13.1 Å². The zero-order chi connectivity index (χ0) is 11.1. The number of halogens is 1. The number of carbonyl (C=O) groups excluding carboxylic acids is 1. The molecule has 0 bridgehead atoms. The number of nitrogens with one attached hydrogen (secondary N) is 2. The van der Waals surface area contributed by atoms with Gasteiger partial charge in [0.1, 0.15) is 0 Å². The van der Waals surface area contributed by atoms with Crippen LogP contribution in [0.1, 0.15) is 0 Å². The standard InChI is InChI=1S/C10H10FN3O/c1-2-5-12-9(15)7-14-10-8(11)4-3-6-13-10/h1,3-4,6H,5,7H2,(H,12,15)(H,13,14). The van der Waals surface area contributed by atoms with E-state index in [4.69, 9.17) is 6.42 Å². The molecule has 0 aromatic carbocycles. The number of hydrogen-bond acceptors (Lipinski definition) is 3. The van der Waals surface area contributed by atoms with E-state index in [9.17, 15) is 9.18 Å². The number of pyridine rings is 1. The molecule has 0 fully saturated rings. The molecule has 0 saturated heterocycles. The zero-order valence-electron chi connectivity index (χ0n) is 7.96. The summed E-state index contributed by atoms with van der Waals surface area (Å²) in [6.45, 7) is 0.0980. The lowest BCUT2D eigenvalue weighted by Gasteiger charge is -2.05. The molecule has 0 atom stereocenters. The van der Waals surface area contributed by atoms with Crippen molar-refractivity contribution in [3.8, 4) is 12.3 Å². The molecule has 0 spiro atoms. The van der Waals surface area contributed by atoms with Gasteiger partial charge in [-0.2, -0.15) is 0 Å². The summed E-state index contributed by atoms with van der Waals surface area (Å²) in [6, 6.07) is 2.73. The van der Waals surface area contributed by atoms with Crippen molar-refractivity contribution in [1.29, 1.82) is 0 Å². The van der Waals surface area contributed by atoms with Gasteiger partial charge in [0.15, 0.2) is 11.6 Å². The molecule has 0 saturated carbocycles. The molecule has 1 rings (SSSR count). The van der Waals surface area contributed by atoms with E-state index in [1.54, 1.807) is 0 Å². The molecule has 0 aliphatic carbocycles. The van der Waals surface area contributed by atoms with Gasteiger partial charge >= 0.3 is 0 Å². The van der Waals surface area contributed by atoms with Crippen molar-refractivity contribution in [3.63, 3.8) is 0 Å². The fourth-order valence-corrected chi connectivity index (χ4v) is 0.892. The molecule has 78 valence electrons. The summed E-state index contributed by atoms with van der Waals surface area (Å²) < 4.78 is 13.0. The number of amides is 1. The van der Waals surface area contributed by atoms with E-state index < -0.39 is 5.82 Å². The van der Waals surface area contributed by atoms with Crippen LogP contribution in [0.2, 0.25) is 0 Å². The molecule has 1 heterocycles. The molecule has 4 nitrogen and oxygen atoms in total. The topological polar surface area (TPSA) is 54.0 Å². The first-order chi connectivity index (χ1) is 7.24. The maximum atomic E-state index is 13.0. The number of nitrogens with zero attached hydrogens (tertiary/aromatic N) is 1. The van der Waals surface area contributed by atoms with Gasteiger partial charge in [-0.25, -0.2) is 9.37 Å². The van der Waals surface area contributed by atoms with E-state index >= 15 is 0 Å². The summed E-state index contributed by atoms with van der Waals surface area (Å²) in [5.41, 5.74) is 0. The quantitative estimate of drug-likeness (QED) is 0.702. The monoisotopic (exact) mass is 207 g/mol. The summed E-state index contributed by atoms with van der Waals surface area (Å²) in [7, 11) is 0. The molecule has 2 N–H and O–H groups in total. The van der Waals surface area contributed by atoms with E-state index in [1.807, 2.05) is 0 Å². The number of rotatable bonds is 4. The zero-order valence-corrected chi connectivity index (χ0v) is 7.96. The van der Waals surface area contributed by atoms with Gasteiger partial charge in [-0.05, 0) is 12.1 Å². The van der Waals surface area contributed by atoms with Crippen LogP contribution in [-0.2, 0) is 4.79 Å². The number of anilines is 1. The number of terminal acetylenes is 1. The van der Waals surface area contributed by atoms with Crippen LogP contribution in [0.15, 0.2) is 18.3 Å². The molecule has 5 heteroatoms. The number of aromatic nitrogens is 1. The first-order valence-corrected chi connectivity index (χ1v) is 4.28. The van der Waals surface area contributed by atoms with Crippen LogP contribution in [0.25, 0.3) is 0 Å². The minimum Gasteiger partial charge on any atom is -0.359 e. The predicted octanol–water partition coefficient (Wildman–Crippen LogP) is 0.382. The van der Waals surface area contributed by atoms with Crippen LogP contribution < -0.4 is 10.6 Å². The van der Waals surface area contributed by atoms with Gasteiger partial charge in [-0.15, -0.1) is 6.42 Å². The molecule has 1 aromatic heterocycles. The van der Waals surface area contributed by atoms with Gasteiger partial charge in [-0.1, -0.05) is 5.92 Å². The van der Waals surface area contributed by atoms with Crippen LogP contribution in [0.4, 0.5) is 10.2 Å². The Kier molecular flexibility index (Phi) is 4.10. The summed E-state index contributed by atoms with van der Waals surface area (Å²) in [5, 5.41) is 4.99. The fraction of sp³-hybridized carbons (Fsp3) is 0.200. The van der Waals surface area contributed by atoms with Crippen molar-refractivity contribution >= 4 is 11.7 Å². The fourth-order valence-electron chi connectivity index (χ4n) is 0.892. The molecular weight excluding hydrogens is 197 g/mol. The third-order valence-corrected chi connectivity index (χ3v) is 1.56. The molecule has 15 heavy (non-hydrogen) atoms. The highest BCUT2D eigenvalue weighted by Crippen LogP contribution is 2.07. The molecular formula is C10H10FN3O. The lowest BCUT2D eigenvalue weighted by Crippen LogP contribution is -2.30. The van der Waals surface area contributed by atoms with Gasteiger partial charge in [0.2, 0.25) is 5.91 Å². The van der Waals surface area contributed by atoms with Crippen molar-refractivity contribution in [2.24, 2.45) is 0 Å². The van der Waals surface area contributed by atoms with E-state index in [2.05, 4.69) is 21.5 Å². The van der Waals surface area contributed by atoms with Crippen molar-refractivity contribution in [2.45, 2.75) is 0 Å². The van der Waals surface area contributed by atoms with Crippen LogP contribution in [0.3, 0.4) is 0 Å². The Hall–Kier alpha value is -2.09. The predicted molar refractivity (Wildman–Crippen MR) is 54.5 cm³/mol. The Morgan fingerprint density at radius 2 is 2.47 bits per heavy atom. The SMILES string of the molecule is C#CCNC(=O)CNc1ncccc1F. The van der Waals surface area contributed by atoms with E-state index in [0.29, 0.717) is 0 Å². The Bertz CT molecular complexity index is 386. The van der Waals surface area contributed by atoms with E-state index in [-0.39, 0.29) is 24.8 Å². The van der Waals surface area contributed by atoms with Crippen LogP contribution in [0, 0.1) is 18.2 Å². The Morgan fingerprint density at radius 1 is 1.67 bits per heavy atom. The minimum absolute atomic E-state index is 0.0494. The number of carbonyl (C=O) groups is 1. The third-order valence-electron chi connectivity index (χ3n) is 1.56. The minimum atomic E-state index is -0.498. The summed E-state index contributed by atoms with van der Waals surface area (Å²) in [4.78, 5) is 14.8. The van der Waals surface area contributed by atoms with Crippen molar-refractivity contribution < 1.29 is 9.18 Å². The van der Waals surface area contributed by atoms with Gasteiger partial charge in [0, 0.05) is 6.20 Å². The maximum Gasteiger partial charge on any atom is 0.240 e. The lowest BCUT2D eigenvalue weighted by atomic mass is 10.4. The second kappa shape index (κ2) is 5.60. The van der Waals surface area contributed by atoms with Crippen LogP contribution >= 0.6 is 0 Å². The molecule has 1 aromatic rings. The Morgan fingerprint density at radius 3 is 3.13 bits per heavy atom. The largest absolute Gasteiger partial charge is 0.359 e. The normalized spacial score (nSPS) is 9.07. The summed E-state index contributed by atoms with van der Waals surface area (Å²) in [6.07, 6.45) is 6.39. The highest BCUT2D eigenvalue weighted by molar-refractivity contribution is 5.80. The second-order valence-corrected chi connectivity index (χ2v) is 2.67.